The molecule has 0 spiro atoms. The van der Waals surface area contributed by atoms with Crippen LogP contribution in [0, 0.1) is 5.92 Å². The van der Waals surface area contributed by atoms with E-state index in [1.165, 1.54) is 0 Å². The number of benzene rings is 1. The number of aromatic nitrogens is 3. The summed E-state index contributed by atoms with van der Waals surface area (Å²) in [5.41, 5.74) is 1.09. The lowest BCUT2D eigenvalue weighted by Gasteiger charge is -2.21. The molecule has 1 aliphatic rings. The van der Waals surface area contributed by atoms with E-state index >= 15 is 0 Å². The van der Waals surface area contributed by atoms with Crippen molar-refractivity contribution < 1.29 is 9.47 Å². The second kappa shape index (κ2) is 9.25. The van der Waals surface area contributed by atoms with Crippen molar-refractivity contribution in [3.05, 3.63) is 24.3 Å². The van der Waals surface area contributed by atoms with E-state index in [-0.39, 0.29) is 0 Å². The minimum absolute atomic E-state index is 0.722. The highest BCUT2D eigenvalue weighted by Gasteiger charge is 2.18. The summed E-state index contributed by atoms with van der Waals surface area (Å²) in [6.07, 6.45) is 4.60. The molecule has 6 heteroatoms. The molecule has 0 amide bonds. The molecular formula is C19H27N3O2S. The lowest BCUT2D eigenvalue weighted by Crippen LogP contribution is -2.17. The van der Waals surface area contributed by atoms with Crippen LogP contribution in [-0.2, 0) is 11.3 Å². The van der Waals surface area contributed by atoms with Crippen molar-refractivity contribution in [3.63, 3.8) is 0 Å². The summed E-state index contributed by atoms with van der Waals surface area (Å²) in [6, 6.07) is 8.06. The molecule has 136 valence electrons. The van der Waals surface area contributed by atoms with Crippen molar-refractivity contribution >= 4 is 11.8 Å². The zero-order valence-electron chi connectivity index (χ0n) is 15.1. The molecule has 0 saturated carbocycles. The number of unbranched alkanes of at least 4 members (excludes halogenated alkanes) is 1. The van der Waals surface area contributed by atoms with Crippen molar-refractivity contribution in [3.8, 4) is 17.1 Å². The maximum atomic E-state index is 5.46. The zero-order valence-corrected chi connectivity index (χ0v) is 15.9. The minimum Gasteiger partial charge on any atom is -0.497 e. The summed E-state index contributed by atoms with van der Waals surface area (Å²) >= 11 is 1.84. The fourth-order valence-corrected chi connectivity index (χ4v) is 4.12. The van der Waals surface area contributed by atoms with Gasteiger partial charge in [-0.15, -0.1) is 10.2 Å². The fraction of sp³-hybridized carbons (Fsp3) is 0.579. The van der Waals surface area contributed by atoms with Gasteiger partial charge in [-0.25, -0.2) is 0 Å². The van der Waals surface area contributed by atoms with Gasteiger partial charge in [0.05, 0.1) is 7.11 Å². The van der Waals surface area contributed by atoms with Gasteiger partial charge in [-0.1, -0.05) is 25.1 Å². The smallest absolute Gasteiger partial charge is 0.191 e. The topological polar surface area (TPSA) is 49.2 Å². The van der Waals surface area contributed by atoms with Crippen LogP contribution in [0.1, 0.15) is 32.6 Å². The van der Waals surface area contributed by atoms with Gasteiger partial charge < -0.3 is 14.0 Å². The predicted octanol–water partition coefficient (Wildman–Crippen LogP) is 4.27. The van der Waals surface area contributed by atoms with Gasteiger partial charge in [-0.3, -0.25) is 0 Å². The average Bonchev–Trinajstić information content (AvgIpc) is 3.08. The molecular weight excluding hydrogens is 334 g/mol. The highest BCUT2D eigenvalue weighted by atomic mass is 32.2. The fourth-order valence-electron chi connectivity index (χ4n) is 2.97. The Morgan fingerprint density at radius 2 is 1.96 bits per heavy atom. The number of rotatable bonds is 8. The summed E-state index contributed by atoms with van der Waals surface area (Å²) in [5.74, 6) is 3.62. The third-order valence-corrected chi connectivity index (χ3v) is 5.79. The number of nitrogens with zero attached hydrogens (tertiary/aromatic N) is 3. The first-order valence-electron chi connectivity index (χ1n) is 9.10. The molecule has 0 radical (unpaired) electrons. The second-order valence-corrected chi connectivity index (χ2v) is 7.39. The molecule has 2 heterocycles. The van der Waals surface area contributed by atoms with Gasteiger partial charge in [-0.05, 0) is 49.4 Å². The van der Waals surface area contributed by atoms with Crippen LogP contribution in [0.15, 0.2) is 29.4 Å². The molecule has 3 rings (SSSR count). The standard InChI is InChI=1S/C19H27N3O2S/c1-3-4-11-22-18(16-5-7-17(23-2)8-6-16)20-21-19(22)25-14-15-9-12-24-13-10-15/h5-8,15H,3-4,9-14H2,1-2H3. The van der Waals surface area contributed by atoms with Gasteiger partial charge in [-0.2, -0.15) is 0 Å². The van der Waals surface area contributed by atoms with Crippen LogP contribution in [0.25, 0.3) is 11.4 Å². The molecule has 0 aliphatic carbocycles. The van der Waals surface area contributed by atoms with Gasteiger partial charge in [0.2, 0.25) is 0 Å². The molecule has 5 nitrogen and oxygen atoms in total. The summed E-state index contributed by atoms with van der Waals surface area (Å²) in [4.78, 5) is 0. The van der Waals surface area contributed by atoms with Gasteiger partial charge in [0.25, 0.3) is 0 Å². The van der Waals surface area contributed by atoms with Crippen molar-refractivity contribution in [1.29, 1.82) is 0 Å². The van der Waals surface area contributed by atoms with Gasteiger partial charge in [0.1, 0.15) is 5.75 Å². The second-order valence-electron chi connectivity index (χ2n) is 6.41. The summed E-state index contributed by atoms with van der Waals surface area (Å²) < 4.78 is 13.0. The SMILES string of the molecule is CCCCn1c(SCC2CCOCC2)nnc1-c1ccc(OC)cc1. The maximum Gasteiger partial charge on any atom is 0.191 e. The Balaban J connectivity index is 1.76. The lowest BCUT2D eigenvalue weighted by atomic mass is 10.0. The zero-order chi connectivity index (χ0) is 17.5. The van der Waals surface area contributed by atoms with Crippen LogP contribution in [0.3, 0.4) is 0 Å². The lowest BCUT2D eigenvalue weighted by molar-refractivity contribution is 0.0727. The molecule has 0 bridgehead atoms. The van der Waals surface area contributed by atoms with E-state index in [1.807, 2.05) is 23.9 Å². The highest BCUT2D eigenvalue weighted by Crippen LogP contribution is 2.29. The van der Waals surface area contributed by atoms with Crippen LogP contribution in [0.2, 0.25) is 0 Å². The summed E-state index contributed by atoms with van der Waals surface area (Å²) in [6.45, 7) is 4.96. The third-order valence-electron chi connectivity index (χ3n) is 4.59. The van der Waals surface area contributed by atoms with Crippen LogP contribution < -0.4 is 4.74 Å². The van der Waals surface area contributed by atoms with Crippen molar-refractivity contribution in [2.45, 2.75) is 44.3 Å². The van der Waals surface area contributed by atoms with Crippen LogP contribution in [0.4, 0.5) is 0 Å². The van der Waals surface area contributed by atoms with Gasteiger partial charge in [0, 0.05) is 31.1 Å². The molecule has 1 aromatic heterocycles. The largest absolute Gasteiger partial charge is 0.497 e. The first kappa shape index (κ1) is 18.3. The number of ether oxygens (including phenoxy) is 2. The van der Waals surface area contributed by atoms with Crippen LogP contribution >= 0.6 is 11.8 Å². The van der Waals surface area contributed by atoms with E-state index in [1.54, 1.807) is 7.11 Å². The van der Waals surface area contributed by atoms with Crippen molar-refractivity contribution in [1.82, 2.24) is 14.8 Å². The van der Waals surface area contributed by atoms with Gasteiger partial charge in [0.15, 0.2) is 11.0 Å². The summed E-state index contributed by atoms with van der Waals surface area (Å²) in [5, 5.41) is 10.0. The molecule has 2 aromatic rings. The number of methoxy groups -OCH3 is 1. The molecule has 25 heavy (non-hydrogen) atoms. The number of hydrogen-bond acceptors (Lipinski definition) is 5. The molecule has 1 aliphatic heterocycles. The molecule has 1 fully saturated rings. The first-order chi connectivity index (χ1) is 12.3. The normalized spacial score (nSPS) is 15.4. The van der Waals surface area contributed by atoms with Crippen molar-refractivity contribution in [2.75, 3.05) is 26.1 Å². The van der Waals surface area contributed by atoms with Crippen LogP contribution in [0.5, 0.6) is 5.75 Å². The maximum absolute atomic E-state index is 5.46. The average molecular weight is 362 g/mol. The van der Waals surface area contributed by atoms with E-state index in [9.17, 15) is 0 Å². The molecule has 0 N–H and O–H groups in total. The Kier molecular flexibility index (Phi) is 6.76. The Morgan fingerprint density at radius 3 is 2.64 bits per heavy atom. The summed E-state index contributed by atoms with van der Waals surface area (Å²) in [7, 11) is 1.68. The van der Waals surface area contributed by atoms with Gasteiger partial charge >= 0.3 is 0 Å². The molecule has 0 unspecified atom stereocenters. The Morgan fingerprint density at radius 1 is 1.20 bits per heavy atom. The third kappa shape index (κ3) is 4.76. The Labute approximate surface area is 154 Å². The monoisotopic (exact) mass is 361 g/mol. The van der Waals surface area contributed by atoms with E-state index in [0.717, 1.165) is 79.4 Å². The highest BCUT2D eigenvalue weighted by molar-refractivity contribution is 7.99. The van der Waals surface area contributed by atoms with E-state index in [0.29, 0.717) is 0 Å². The Bertz CT molecular complexity index is 651. The van der Waals surface area contributed by atoms with Crippen molar-refractivity contribution in [2.24, 2.45) is 5.92 Å². The van der Waals surface area contributed by atoms with E-state index < -0.39 is 0 Å². The number of thioether (sulfide) groups is 1. The number of hydrogen-bond donors (Lipinski definition) is 0. The van der Waals surface area contributed by atoms with E-state index in [2.05, 4.69) is 33.8 Å². The van der Waals surface area contributed by atoms with E-state index in [4.69, 9.17) is 9.47 Å². The first-order valence-corrected chi connectivity index (χ1v) is 10.1. The minimum atomic E-state index is 0.722. The molecule has 1 saturated heterocycles. The quantitative estimate of drug-likeness (QED) is 0.657. The Hall–Kier alpha value is -1.53. The molecule has 1 aromatic carbocycles. The molecule has 0 atom stereocenters. The van der Waals surface area contributed by atoms with Crippen LogP contribution in [-0.4, -0.2) is 40.8 Å². The predicted molar refractivity (Wildman–Crippen MR) is 101 cm³/mol.